The quantitative estimate of drug-likeness (QED) is 0.458. The second-order valence-electron chi connectivity index (χ2n) is 6.15. The van der Waals surface area contributed by atoms with Crippen molar-refractivity contribution in [1.82, 2.24) is 0 Å². The first-order chi connectivity index (χ1) is 12.1. The van der Waals surface area contributed by atoms with Gasteiger partial charge in [-0.2, -0.15) is 0 Å². The molecule has 0 saturated carbocycles. The number of rotatable bonds is 5. The molecular formula is C22H21N2Se. The van der Waals surface area contributed by atoms with Gasteiger partial charge < -0.3 is 0 Å². The predicted molar refractivity (Wildman–Crippen MR) is 108 cm³/mol. The molecule has 0 heterocycles. The van der Waals surface area contributed by atoms with Crippen molar-refractivity contribution < 1.29 is 0 Å². The Morgan fingerprint density at radius 1 is 0.840 bits per heavy atom. The SMILES string of the molecule is CN(C)c1ccc(N=C([Se])c2ccccc2Cc2ccccc2)cc1. The molecule has 3 rings (SSSR count). The van der Waals surface area contributed by atoms with Gasteiger partial charge in [0.2, 0.25) is 0 Å². The summed E-state index contributed by atoms with van der Waals surface area (Å²) in [5.41, 5.74) is 5.86. The fourth-order valence-electron chi connectivity index (χ4n) is 2.70. The molecule has 125 valence electrons. The van der Waals surface area contributed by atoms with Crippen LogP contribution in [0.4, 0.5) is 11.4 Å². The van der Waals surface area contributed by atoms with Crippen LogP contribution < -0.4 is 4.90 Å². The second-order valence-corrected chi connectivity index (χ2v) is 6.96. The third-order valence-corrected chi connectivity index (χ3v) is 4.73. The van der Waals surface area contributed by atoms with E-state index >= 15 is 0 Å². The first-order valence-corrected chi connectivity index (χ1v) is 9.14. The molecule has 0 N–H and O–H groups in total. The summed E-state index contributed by atoms with van der Waals surface area (Å²) < 4.78 is 0.920. The second kappa shape index (κ2) is 8.15. The Hall–Kier alpha value is -2.35. The molecule has 0 amide bonds. The van der Waals surface area contributed by atoms with Crippen LogP contribution in [0.15, 0.2) is 83.9 Å². The Morgan fingerprint density at radius 2 is 1.48 bits per heavy atom. The van der Waals surface area contributed by atoms with Crippen molar-refractivity contribution in [3.8, 4) is 0 Å². The minimum atomic E-state index is 0.900. The van der Waals surface area contributed by atoms with Gasteiger partial charge in [0.15, 0.2) is 0 Å². The molecule has 25 heavy (non-hydrogen) atoms. The summed E-state index contributed by atoms with van der Waals surface area (Å²) in [7, 11) is 4.08. The van der Waals surface area contributed by atoms with Gasteiger partial charge in [0.1, 0.15) is 0 Å². The van der Waals surface area contributed by atoms with E-state index in [1.807, 2.05) is 32.3 Å². The summed E-state index contributed by atoms with van der Waals surface area (Å²) >= 11 is 3.14. The normalized spacial score (nSPS) is 11.4. The Morgan fingerprint density at radius 3 is 2.16 bits per heavy atom. The average molecular weight is 392 g/mol. The van der Waals surface area contributed by atoms with Gasteiger partial charge >= 0.3 is 158 Å². The van der Waals surface area contributed by atoms with Crippen molar-refractivity contribution in [1.29, 1.82) is 0 Å². The third kappa shape index (κ3) is 4.60. The zero-order valence-corrected chi connectivity index (χ0v) is 16.2. The molecule has 0 atom stereocenters. The first-order valence-electron chi connectivity index (χ1n) is 8.29. The van der Waals surface area contributed by atoms with Crippen LogP contribution in [0.3, 0.4) is 0 Å². The van der Waals surface area contributed by atoms with Crippen LogP contribution in [0, 0.1) is 0 Å². The van der Waals surface area contributed by atoms with Crippen LogP contribution in [-0.2, 0) is 6.42 Å². The topological polar surface area (TPSA) is 15.6 Å². The fraction of sp³-hybridized carbons (Fsp3) is 0.136. The van der Waals surface area contributed by atoms with Gasteiger partial charge in [0.25, 0.3) is 0 Å². The van der Waals surface area contributed by atoms with E-state index < -0.39 is 0 Å². The molecule has 3 aromatic carbocycles. The van der Waals surface area contributed by atoms with Gasteiger partial charge in [-0.05, 0) is 0 Å². The fourth-order valence-corrected chi connectivity index (χ4v) is 3.34. The Balaban J connectivity index is 1.88. The Kier molecular flexibility index (Phi) is 5.70. The monoisotopic (exact) mass is 393 g/mol. The van der Waals surface area contributed by atoms with Gasteiger partial charge in [0.05, 0.1) is 0 Å². The Labute approximate surface area is 158 Å². The zero-order valence-electron chi connectivity index (χ0n) is 14.5. The number of benzene rings is 3. The zero-order chi connectivity index (χ0) is 17.6. The van der Waals surface area contributed by atoms with Crippen molar-refractivity contribution in [3.05, 3.63) is 95.6 Å². The molecule has 0 aliphatic carbocycles. The molecular weight excluding hydrogens is 371 g/mol. The summed E-state index contributed by atoms with van der Waals surface area (Å²) in [6, 6.07) is 27.2. The van der Waals surface area contributed by atoms with Crippen molar-refractivity contribution in [2.75, 3.05) is 19.0 Å². The van der Waals surface area contributed by atoms with E-state index in [0.717, 1.165) is 22.3 Å². The average Bonchev–Trinajstić information content (AvgIpc) is 2.63. The summed E-state index contributed by atoms with van der Waals surface area (Å²) in [5.74, 6) is 0. The molecule has 3 aromatic rings. The predicted octanol–water partition coefficient (Wildman–Crippen LogP) is 4.59. The van der Waals surface area contributed by atoms with Gasteiger partial charge in [-0.3, -0.25) is 0 Å². The van der Waals surface area contributed by atoms with Gasteiger partial charge in [-0.15, -0.1) is 0 Å². The van der Waals surface area contributed by atoms with E-state index in [-0.39, 0.29) is 0 Å². The van der Waals surface area contributed by atoms with Crippen LogP contribution >= 0.6 is 0 Å². The van der Waals surface area contributed by atoms with E-state index in [4.69, 9.17) is 4.99 Å². The van der Waals surface area contributed by atoms with Gasteiger partial charge in [-0.25, -0.2) is 0 Å². The first kappa shape index (κ1) is 17.5. The maximum absolute atomic E-state index is 4.77. The van der Waals surface area contributed by atoms with Crippen molar-refractivity contribution >= 4 is 32.0 Å². The van der Waals surface area contributed by atoms with E-state index in [1.54, 1.807) is 0 Å². The minimum absolute atomic E-state index is 0.900. The van der Waals surface area contributed by atoms with Crippen molar-refractivity contribution in [2.45, 2.75) is 6.42 Å². The van der Waals surface area contributed by atoms with Gasteiger partial charge in [-0.1, -0.05) is 0 Å². The molecule has 0 fully saturated rings. The number of anilines is 1. The molecule has 0 aliphatic heterocycles. The van der Waals surface area contributed by atoms with E-state index in [9.17, 15) is 0 Å². The molecule has 0 unspecified atom stereocenters. The van der Waals surface area contributed by atoms with Crippen LogP contribution in [-0.4, -0.2) is 34.7 Å². The van der Waals surface area contributed by atoms with E-state index in [1.165, 1.54) is 16.8 Å². The molecule has 0 aliphatic rings. The maximum atomic E-state index is 4.77. The molecule has 0 aromatic heterocycles. The summed E-state index contributed by atoms with van der Waals surface area (Å²) in [6.07, 6.45) is 0.900. The molecule has 3 heteroatoms. The molecule has 2 nitrogen and oxygen atoms in total. The standard InChI is InChI=1S/C22H21N2Se/c1-24(2)20-14-12-19(13-15-20)23-22(25)21-11-7-6-10-18(21)16-17-8-4-3-5-9-17/h3-15H,16H2,1-2H3. The van der Waals surface area contributed by atoms with Crippen LogP contribution in [0.2, 0.25) is 0 Å². The molecule has 1 radical (unpaired) electrons. The number of aliphatic imine (C=N–C) groups is 1. The summed E-state index contributed by atoms with van der Waals surface area (Å²) in [6.45, 7) is 0. The Bertz CT molecular complexity index is 853. The number of hydrogen-bond donors (Lipinski definition) is 0. The van der Waals surface area contributed by atoms with E-state index in [2.05, 4.69) is 81.6 Å². The number of nitrogens with zero attached hydrogens (tertiary/aromatic N) is 2. The van der Waals surface area contributed by atoms with E-state index in [0.29, 0.717) is 0 Å². The van der Waals surface area contributed by atoms with Crippen molar-refractivity contribution in [3.63, 3.8) is 0 Å². The van der Waals surface area contributed by atoms with Crippen molar-refractivity contribution in [2.24, 2.45) is 4.99 Å². The molecule has 0 spiro atoms. The number of hydrogen-bond acceptors (Lipinski definition) is 2. The molecule has 0 bridgehead atoms. The van der Waals surface area contributed by atoms with Gasteiger partial charge in [0, 0.05) is 0 Å². The van der Waals surface area contributed by atoms with Crippen LogP contribution in [0.5, 0.6) is 0 Å². The summed E-state index contributed by atoms with van der Waals surface area (Å²) in [5, 5.41) is 0. The summed E-state index contributed by atoms with van der Waals surface area (Å²) in [4.78, 5) is 6.86. The van der Waals surface area contributed by atoms with Crippen LogP contribution in [0.25, 0.3) is 0 Å². The third-order valence-electron chi connectivity index (χ3n) is 4.08. The van der Waals surface area contributed by atoms with Crippen LogP contribution in [0.1, 0.15) is 16.7 Å². The molecule has 0 saturated heterocycles.